The number of hydrogen-bond donors (Lipinski definition) is 2. The van der Waals surface area contributed by atoms with E-state index in [1.54, 1.807) is 0 Å². The normalized spacial score (nSPS) is 25.6. The first-order valence-corrected chi connectivity index (χ1v) is 4.19. The molecule has 1 heterocycles. The number of oxazole rings is 1. The van der Waals surface area contributed by atoms with Crippen molar-refractivity contribution in [2.24, 2.45) is 5.73 Å². The molecule has 1 aromatic heterocycles. The first kappa shape index (κ1) is 8.25. The number of amides is 1. The summed E-state index contributed by atoms with van der Waals surface area (Å²) in [6.07, 6.45) is 4.03. The van der Waals surface area contributed by atoms with E-state index < -0.39 is 0 Å². The van der Waals surface area contributed by atoms with Crippen molar-refractivity contribution in [2.45, 2.75) is 24.9 Å². The second-order valence-corrected chi connectivity index (χ2v) is 3.18. The molecular formula is C8H11N3O2. The van der Waals surface area contributed by atoms with Crippen molar-refractivity contribution >= 4 is 5.91 Å². The zero-order valence-corrected chi connectivity index (χ0v) is 7.06. The molecule has 0 radical (unpaired) electrons. The number of hydrogen-bond acceptors (Lipinski definition) is 4. The molecule has 0 saturated heterocycles. The SMILES string of the molecule is NC1CC1NC(=O)Cc1ncco1. The molecule has 2 rings (SSSR count). The van der Waals surface area contributed by atoms with Gasteiger partial charge in [-0.1, -0.05) is 0 Å². The molecule has 0 bridgehead atoms. The minimum absolute atomic E-state index is 0.0830. The molecule has 5 nitrogen and oxygen atoms in total. The van der Waals surface area contributed by atoms with E-state index in [9.17, 15) is 4.79 Å². The van der Waals surface area contributed by atoms with Gasteiger partial charge in [0.2, 0.25) is 11.8 Å². The molecule has 0 aliphatic heterocycles. The van der Waals surface area contributed by atoms with Gasteiger partial charge in [-0.15, -0.1) is 0 Å². The maximum absolute atomic E-state index is 11.2. The third kappa shape index (κ3) is 2.06. The number of aromatic nitrogens is 1. The maximum Gasteiger partial charge on any atom is 0.229 e. The molecule has 0 spiro atoms. The lowest BCUT2D eigenvalue weighted by molar-refractivity contribution is -0.120. The van der Waals surface area contributed by atoms with E-state index in [1.165, 1.54) is 12.5 Å². The van der Waals surface area contributed by atoms with Crippen LogP contribution in [-0.4, -0.2) is 23.0 Å². The molecule has 1 aliphatic rings. The first-order chi connectivity index (χ1) is 6.25. The minimum atomic E-state index is -0.0830. The van der Waals surface area contributed by atoms with E-state index >= 15 is 0 Å². The largest absolute Gasteiger partial charge is 0.448 e. The van der Waals surface area contributed by atoms with Gasteiger partial charge < -0.3 is 15.5 Å². The molecule has 1 aromatic rings. The van der Waals surface area contributed by atoms with Gasteiger partial charge in [0.1, 0.15) is 12.7 Å². The highest BCUT2D eigenvalue weighted by atomic mass is 16.3. The summed E-state index contributed by atoms with van der Waals surface area (Å²) < 4.78 is 4.93. The Labute approximate surface area is 75.3 Å². The van der Waals surface area contributed by atoms with Crippen LogP contribution in [0.15, 0.2) is 16.9 Å². The Morgan fingerprint density at radius 2 is 2.62 bits per heavy atom. The van der Waals surface area contributed by atoms with Gasteiger partial charge in [-0.2, -0.15) is 0 Å². The number of nitrogens with zero attached hydrogens (tertiary/aromatic N) is 1. The van der Waals surface area contributed by atoms with Crippen LogP contribution in [0.5, 0.6) is 0 Å². The summed E-state index contributed by atoms with van der Waals surface area (Å²) in [6, 6.07) is 0.288. The van der Waals surface area contributed by atoms with Gasteiger partial charge in [0.25, 0.3) is 0 Å². The Balaban J connectivity index is 1.79. The van der Waals surface area contributed by atoms with E-state index in [0.717, 1.165) is 6.42 Å². The van der Waals surface area contributed by atoms with Crippen LogP contribution in [0.3, 0.4) is 0 Å². The minimum Gasteiger partial charge on any atom is -0.448 e. The quantitative estimate of drug-likeness (QED) is 0.654. The van der Waals surface area contributed by atoms with E-state index in [4.69, 9.17) is 10.2 Å². The highest BCUT2D eigenvalue weighted by molar-refractivity contribution is 5.78. The Morgan fingerprint density at radius 3 is 3.15 bits per heavy atom. The zero-order valence-electron chi connectivity index (χ0n) is 7.06. The molecule has 1 amide bonds. The summed E-state index contributed by atoms with van der Waals surface area (Å²) in [7, 11) is 0. The van der Waals surface area contributed by atoms with Gasteiger partial charge in [0.15, 0.2) is 0 Å². The van der Waals surface area contributed by atoms with Crippen molar-refractivity contribution in [3.05, 3.63) is 18.4 Å². The number of carbonyl (C=O) groups excluding carboxylic acids is 1. The van der Waals surface area contributed by atoms with Crippen molar-refractivity contribution in [1.29, 1.82) is 0 Å². The van der Waals surface area contributed by atoms with Crippen molar-refractivity contribution in [3.63, 3.8) is 0 Å². The second-order valence-electron chi connectivity index (χ2n) is 3.18. The lowest BCUT2D eigenvalue weighted by atomic mass is 10.4. The topological polar surface area (TPSA) is 81.1 Å². The van der Waals surface area contributed by atoms with Crippen LogP contribution in [0.4, 0.5) is 0 Å². The fourth-order valence-corrected chi connectivity index (χ4v) is 1.12. The molecule has 70 valence electrons. The zero-order chi connectivity index (χ0) is 9.26. The summed E-state index contributed by atoms with van der Waals surface area (Å²) in [5, 5.41) is 2.78. The van der Waals surface area contributed by atoms with E-state index in [-0.39, 0.29) is 24.4 Å². The standard InChI is InChI=1S/C8H11N3O2/c9-5-3-6(5)11-7(12)4-8-10-1-2-13-8/h1-2,5-6H,3-4,9H2,(H,11,12). The van der Waals surface area contributed by atoms with Crippen molar-refractivity contribution in [2.75, 3.05) is 0 Å². The van der Waals surface area contributed by atoms with Gasteiger partial charge in [-0.25, -0.2) is 4.98 Å². The highest BCUT2D eigenvalue weighted by Crippen LogP contribution is 2.17. The molecule has 2 unspecified atom stereocenters. The first-order valence-electron chi connectivity index (χ1n) is 4.19. The molecule has 0 aromatic carbocycles. The van der Waals surface area contributed by atoms with Gasteiger partial charge in [-0.3, -0.25) is 4.79 Å². The number of carbonyl (C=O) groups is 1. The fourth-order valence-electron chi connectivity index (χ4n) is 1.12. The molecule has 3 N–H and O–H groups in total. The number of rotatable bonds is 3. The Bertz CT molecular complexity index is 296. The van der Waals surface area contributed by atoms with Crippen LogP contribution in [0, 0.1) is 0 Å². The molecule has 1 fully saturated rings. The van der Waals surface area contributed by atoms with E-state index in [0.29, 0.717) is 5.89 Å². The average molecular weight is 181 g/mol. The number of nitrogens with one attached hydrogen (secondary N) is 1. The van der Waals surface area contributed by atoms with Crippen LogP contribution >= 0.6 is 0 Å². The van der Waals surface area contributed by atoms with Crippen LogP contribution in [-0.2, 0) is 11.2 Å². The predicted molar refractivity (Wildman–Crippen MR) is 44.7 cm³/mol. The fraction of sp³-hybridized carbons (Fsp3) is 0.500. The smallest absolute Gasteiger partial charge is 0.229 e. The van der Waals surface area contributed by atoms with Crippen LogP contribution < -0.4 is 11.1 Å². The molecule has 13 heavy (non-hydrogen) atoms. The van der Waals surface area contributed by atoms with Crippen LogP contribution in [0.25, 0.3) is 0 Å². The van der Waals surface area contributed by atoms with Crippen molar-refractivity contribution < 1.29 is 9.21 Å². The summed E-state index contributed by atoms with van der Waals surface area (Å²) in [4.78, 5) is 15.1. The Kier molecular flexibility index (Phi) is 2.02. The summed E-state index contributed by atoms with van der Waals surface area (Å²) >= 11 is 0. The predicted octanol–water partition coefficient (Wildman–Crippen LogP) is -0.567. The third-order valence-electron chi connectivity index (χ3n) is 1.98. The molecule has 1 saturated carbocycles. The van der Waals surface area contributed by atoms with Gasteiger partial charge in [0, 0.05) is 12.1 Å². The van der Waals surface area contributed by atoms with E-state index in [1.807, 2.05) is 0 Å². The number of nitrogens with two attached hydrogens (primary N) is 1. The lowest BCUT2D eigenvalue weighted by Crippen LogP contribution is -2.30. The second kappa shape index (κ2) is 3.18. The third-order valence-corrected chi connectivity index (χ3v) is 1.98. The van der Waals surface area contributed by atoms with E-state index in [2.05, 4.69) is 10.3 Å². The van der Waals surface area contributed by atoms with Gasteiger partial charge >= 0.3 is 0 Å². The van der Waals surface area contributed by atoms with Crippen molar-refractivity contribution in [1.82, 2.24) is 10.3 Å². The average Bonchev–Trinajstić information content (AvgIpc) is 2.61. The lowest BCUT2D eigenvalue weighted by Gasteiger charge is -1.99. The maximum atomic E-state index is 11.2. The summed E-state index contributed by atoms with van der Waals surface area (Å²) in [5.74, 6) is 0.354. The highest BCUT2D eigenvalue weighted by Gasteiger charge is 2.34. The summed E-state index contributed by atoms with van der Waals surface area (Å²) in [6.45, 7) is 0. The molecular weight excluding hydrogens is 170 g/mol. The summed E-state index contributed by atoms with van der Waals surface area (Å²) in [5.41, 5.74) is 5.53. The van der Waals surface area contributed by atoms with Gasteiger partial charge in [0.05, 0.1) is 6.20 Å². The van der Waals surface area contributed by atoms with Gasteiger partial charge in [-0.05, 0) is 6.42 Å². The molecule has 2 atom stereocenters. The van der Waals surface area contributed by atoms with Crippen LogP contribution in [0.2, 0.25) is 0 Å². The monoisotopic (exact) mass is 181 g/mol. The van der Waals surface area contributed by atoms with Crippen molar-refractivity contribution in [3.8, 4) is 0 Å². The molecule has 1 aliphatic carbocycles. The molecule has 5 heteroatoms. The Hall–Kier alpha value is -1.36. The van der Waals surface area contributed by atoms with Crippen LogP contribution in [0.1, 0.15) is 12.3 Å². The Morgan fingerprint density at radius 1 is 1.85 bits per heavy atom.